The van der Waals surface area contributed by atoms with E-state index < -0.39 is 0 Å². The van der Waals surface area contributed by atoms with Gasteiger partial charge < -0.3 is 20.1 Å². The third-order valence-electron chi connectivity index (χ3n) is 5.75. The van der Waals surface area contributed by atoms with Crippen LogP contribution in [0, 0.1) is 6.92 Å². The van der Waals surface area contributed by atoms with Crippen LogP contribution in [0.3, 0.4) is 0 Å². The maximum atomic E-state index is 5.63. The first-order valence-corrected chi connectivity index (χ1v) is 11.3. The van der Waals surface area contributed by atoms with E-state index in [1.54, 1.807) is 14.2 Å². The Labute approximate surface area is 192 Å². The molecule has 0 unspecified atom stereocenters. The molecule has 2 N–H and O–H groups in total. The third-order valence-corrected chi connectivity index (χ3v) is 5.98. The minimum atomic E-state index is 0.112. The van der Waals surface area contributed by atoms with Crippen molar-refractivity contribution in [1.82, 2.24) is 15.5 Å². The maximum absolute atomic E-state index is 5.63. The fourth-order valence-electron chi connectivity index (χ4n) is 4.43. The number of methoxy groups -OCH3 is 2. The predicted octanol–water partition coefficient (Wildman–Crippen LogP) is 4.37. The van der Waals surface area contributed by atoms with Gasteiger partial charge >= 0.3 is 0 Å². The standard InChI is InChI=1S/C25H35N3O2S/c1-16(2)26-25(31)27-18(4)24-21-14-23(30-6)22(29-5)13-20(21)10-11-28(24)15-19-9-7-8-17(3)12-19/h7-9,12-14,16,18,24H,10-11,15H2,1-6H3,(H2,26,27,31)/t18-,24-/m0/s1. The lowest BCUT2D eigenvalue weighted by Gasteiger charge is -2.41. The van der Waals surface area contributed by atoms with Crippen LogP contribution in [0.5, 0.6) is 11.5 Å². The second kappa shape index (κ2) is 10.3. The molecule has 1 heterocycles. The largest absolute Gasteiger partial charge is 0.493 e. The van der Waals surface area contributed by atoms with Crippen LogP contribution in [0.25, 0.3) is 0 Å². The van der Waals surface area contributed by atoms with Crippen LogP contribution in [0.1, 0.15) is 49.1 Å². The molecular formula is C25H35N3O2S. The number of fused-ring (bicyclic) bond motifs is 1. The molecule has 3 rings (SSSR count). The summed E-state index contributed by atoms with van der Waals surface area (Å²) >= 11 is 5.56. The normalized spacial score (nSPS) is 17.1. The van der Waals surface area contributed by atoms with Crippen molar-refractivity contribution < 1.29 is 9.47 Å². The van der Waals surface area contributed by atoms with Gasteiger partial charge in [-0.3, -0.25) is 4.90 Å². The highest BCUT2D eigenvalue weighted by molar-refractivity contribution is 7.80. The molecule has 0 bridgehead atoms. The topological polar surface area (TPSA) is 45.8 Å². The monoisotopic (exact) mass is 441 g/mol. The number of nitrogens with one attached hydrogen (secondary N) is 2. The van der Waals surface area contributed by atoms with Gasteiger partial charge in [-0.25, -0.2) is 0 Å². The fourth-order valence-corrected chi connectivity index (χ4v) is 4.85. The summed E-state index contributed by atoms with van der Waals surface area (Å²) in [5.74, 6) is 1.54. The molecule has 0 fully saturated rings. The third kappa shape index (κ3) is 5.69. The fraction of sp³-hybridized carbons (Fsp3) is 0.480. The average Bonchev–Trinajstić information content (AvgIpc) is 2.71. The molecule has 0 saturated heterocycles. The van der Waals surface area contributed by atoms with E-state index >= 15 is 0 Å². The van der Waals surface area contributed by atoms with Gasteiger partial charge in [0.2, 0.25) is 0 Å². The molecule has 31 heavy (non-hydrogen) atoms. The number of nitrogens with zero attached hydrogens (tertiary/aromatic N) is 1. The molecule has 1 aliphatic rings. The number of hydrogen-bond donors (Lipinski definition) is 2. The SMILES string of the molecule is COc1cc2c(cc1OC)[C@H]([C@H](C)NC(=S)NC(C)C)N(Cc1cccc(C)c1)CC2. The molecule has 6 heteroatoms. The lowest BCUT2D eigenvalue weighted by atomic mass is 9.87. The van der Waals surface area contributed by atoms with Crippen molar-refractivity contribution in [2.75, 3.05) is 20.8 Å². The summed E-state index contributed by atoms with van der Waals surface area (Å²) < 4.78 is 11.2. The van der Waals surface area contributed by atoms with E-state index in [-0.39, 0.29) is 12.1 Å². The molecule has 5 nitrogen and oxygen atoms in total. The first kappa shape index (κ1) is 23.4. The van der Waals surface area contributed by atoms with Crippen molar-refractivity contribution in [1.29, 1.82) is 0 Å². The molecule has 0 spiro atoms. The molecule has 2 atom stereocenters. The molecule has 2 aromatic rings. The quantitative estimate of drug-likeness (QED) is 0.622. The Morgan fingerprint density at radius 2 is 1.81 bits per heavy atom. The number of rotatable bonds is 7. The Morgan fingerprint density at radius 3 is 2.45 bits per heavy atom. The van der Waals surface area contributed by atoms with E-state index in [0.29, 0.717) is 11.2 Å². The highest BCUT2D eigenvalue weighted by atomic mass is 32.1. The number of benzene rings is 2. The van der Waals surface area contributed by atoms with Gasteiger partial charge in [-0.1, -0.05) is 29.8 Å². The van der Waals surface area contributed by atoms with Gasteiger partial charge in [0.15, 0.2) is 16.6 Å². The van der Waals surface area contributed by atoms with E-state index in [1.165, 1.54) is 22.3 Å². The number of thiocarbonyl (C=S) groups is 1. The van der Waals surface area contributed by atoms with Gasteiger partial charge in [0.05, 0.1) is 20.3 Å². The minimum absolute atomic E-state index is 0.112. The first-order valence-electron chi connectivity index (χ1n) is 10.9. The Morgan fingerprint density at radius 1 is 1.10 bits per heavy atom. The van der Waals surface area contributed by atoms with Gasteiger partial charge in [-0.15, -0.1) is 0 Å². The molecule has 0 radical (unpaired) electrons. The molecule has 0 saturated carbocycles. The van der Waals surface area contributed by atoms with Crippen molar-refractivity contribution in [2.24, 2.45) is 0 Å². The number of aryl methyl sites for hydroxylation is 1. The van der Waals surface area contributed by atoms with Gasteiger partial charge in [0.1, 0.15) is 0 Å². The highest BCUT2D eigenvalue weighted by Gasteiger charge is 2.33. The first-order chi connectivity index (χ1) is 14.8. The molecular weight excluding hydrogens is 406 g/mol. The average molecular weight is 442 g/mol. The maximum Gasteiger partial charge on any atom is 0.166 e. The van der Waals surface area contributed by atoms with Crippen LogP contribution >= 0.6 is 12.2 Å². The molecule has 0 aromatic heterocycles. The zero-order valence-corrected chi connectivity index (χ0v) is 20.3. The van der Waals surface area contributed by atoms with E-state index in [9.17, 15) is 0 Å². The number of ether oxygens (including phenoxy) is 2. The lowest BCUT2D eigenvalue weighted by Crippen LogP contribution is -2.50. The zero-order valence-electron chi connectivity index (χ0n) is 19.5. The van der Waals surface area contributed by atoms with Crippen LogP contribution in [0.2, 0.25) is 0 Å². The van der Waals surface area contributed by atoms with Gasteiger partial charge in [-0.05, 0) is 75.2 Å². The lowest BCUT2D eigenvalue weighted by molar-refractivity contribution is 0.149. The summed E-state index contributed by atoms with van der Waals surface area (Å²) in [6, 6.07) is 13.6. The Kier molecular flexibility index (Phi) is 7.79. The summed E-state index contributed by atoms with van der Waals surface area (Å²) in [6.45, 7) is 10.4. The second-order valence-corrected chi connectivity index (χ2v) is 9.03. The van der Waals surface area contributed by atoms with Crippen LogP contribution in [0.4, 0.5) is 0 Å². The summed E-state index contributed by atoms with van der Waals surface area (Å²) in [6.07, 6.45) is 0.972. The Bertz CT molecular complexity index is 916. The van der Waals surface area contributed by atoms with Crippen molar-refractivity contribution >= 4 is 17.3 Å². The van der Waals surface area contributed by atoms with E-state index in [1.807, 2.05) is 0 Å². The van der Waals surface area contributed by atoms with Crippen molar-refractivity contribution in [2.45, 2.75) is 58.8 Å². The van der Waals surface area contributed by atoms with Crippen LogP contribution < -0.4 is 20.1 Å². The van der Waals surface area contributed by atoms with Gasteiger partial charge in [0.25, 0.3) is 0 Å². The summed E-state index contributed by atoms with van der Waals surface area (Å²) in [7, 11) is 3.38. The van der Waals surface area contributed by atoms with Crippen molar-refractivity contribution in [3.63, 3.8) is 0 Å². The predicted molar refractivity (Wildman–Crippen MR) is 131 cm³/mol. The molecule has 0 amide bonds. The zero-order chi connectivity index (χ0) is 22.5. The summed E-state index contributed by atoms with van der Waals surface area (Å²) in [5, 5.41) is 7.51. The number of hydrogen-bond acceptors (Lipinski definition) is 4. The molecule has 2 aromatic carbocycles. The smallest absolute Gasteiger partial charge is 0.166 e. The summed E-state index contributed by atoms with van der Waals surface area (Å²) in [5.41, 5.74) is 5.18. The van der Waals surface area contributed by atoms with E-state index in [0.717, 1.165) is 31.0 Å². The second-order valence-electron chi connectivity index (χ2n) is 8.62. The minimum Gasteiger partial charge on any atom is -0.493 e. The molecule has 0 aliphatic carbocycles. The van der Waals surface area contributed by atoms with Gasteiger partial charge in [0, 0.05) is 25.2 Å². The van der Waals surface area contributed by atoms with E-state index in [2.05, 4.69) is 79.6 Å². The van der Waals surface area contributed by atoms with Crippen LogP contribution in [0.15, 0.2) is 36.4 Å². The van der Waals surface area contributed by atoms with Gasteiger partial charge in [-0.2, -0.15) is 0 Å². The Balaban J connectivity index is 1.96. The molecule has 1 aliphatic heterocycles. The van der Waals surface area contributed by atoms with E-state index in [4.69, 9.17) is 21.7 Å². The Hall–Kier alpha value is -2.31. The van der Waals surface area contributed by atoms with Crippen molar-refractivity contribution in [3.05, 3.63) is 58.7 Å². The van der Waals surface area contributed by atoms with Crippen LogP contribution in [-0.2, 0) is 13.0 Å². The molecule has 168 valence electrons. The van der Waals surface area contributed by atoms with Crippen molar-refractivity contribution in [3.8, 4) is 11.5 Å². The highest BCUT2D eigenvalue weighted by Crippen LogP contribution is 2.40. The summed E-state index contributed by atoms with van der Waals surface area (Å²) in [4.78, 5) is 2.54. The van der Waals surface area contributed by atoms with Crippen LogP contribution in [-0.4, -0.2) is 42.9 Å².